The van der Waals surface area contributed by atoms with E-state index in [0.29, 0.717) is 11.8 Å². The molecule has 0 saturated heterocycles. The third-order valence-electron chi connectivity index (χ3n) is 6.73. The molecule has 3 nitrogen and oxygen atoms in total. The Morgan fingerprint density at radius 2 is 2.04 bits per heavy atom. The first-order valence-corrected chi connectivity index (χ1v) is 8.84. The van der Waals surface area contributed by atoms with E-state index in [0.717, 1.165) is 37.7 Å². The Labute approximate surface area is 140 Å². The zero-order chi connectivity index (χ0) is 17.4. The second kappa shape index (κ2) is 6.43. The van der Waals surface area contributed by atoms with Crippen molar-refractivity contribution >= 4 is 5.97 Å². The zero-order valence-corrected chi connectivity index (χ0v) is 15.2. The number of hydrogen-bond donors (Lipinski definition) is 2. The molecule has 4 atom stereocenters. The fraction of sp³-hybridized carbons (Fsp3) is 0.750. The van der Waals surface area contributed by atoms with Crippen molar-refractivity contribution in [3.05, 3.63) is 23.3 Å². The van der Waals surface area contributed by atoms with Gasteiger partial charge in [-0.15, -0.1) is 0 Å². The maximum Gasteiger partial charge on any atom is 0.328 e. The quantitative estimate of drug-likeness (QED) is 0.589. The molecule has 2 N–H and O–H groups in total. The van der Waals surface area contributed by atoms with Gasteiger partial charge in [0.15, 0.2) is 0 Å². The van der Waals surface area contributed by atoms with Crippen LogP contribution in [0.3, 0.4) is 0 Å². The number of carbonyl (C=O) groups is 1. The van der Waals surface area contributed by atoms with E-state index in [1.165, 1.54) is 11.6 Å². The lowest BCUT2D eigenvalue weighted by Gasteiger charge is -2.58. The van der Waals surface area contributed by atoms with Crippen LogP contribution in [0, 0.1) is 22.7 Å². The fourth-order valence-electron chi connectivity index (χ4n) is 5.24. The van der Waals surface area contributed by atoms with E-state index < -0.39 is 5.97 Å². The predicted molar refractivity (Wildman–Crippen MR) is 93.1 cm³/mol. The number of carboxylic acid groups (broad SMARTS) is 1. The van der Waals surface area contributed by atoms with Crippen LogP contribution >= 0.6 is 0 Å². The van der Waals surface area contributed by atoms with E-state index >= 15 is 0 Å². The van der Waals surface area contributed by atoms with Crippen LogP contribution in [-0.2, 0) is 4.79 Å². The summed E-state index contributed by atoms with van der Waals surface area (Å²) in [6.07, 6.45) is 8.26. The van der Waals surface area contributed by atoms with E-state index in [9.17, 15) is 9.90 Å². The summed E-state index contributed by atoms with van der Waals surface area (Å²) in [7, 11) is 0. The second-order valence-corrected chi connectivity index (χ2v) is 8.54. The molecule has 3 heteroatoms. The summed E-state index contributed by atoms with van der Waals surface area (Å²) in [4.78, 5) is 10.8. The summed E-state index contributed by atoms with van der Waals surface area (Å²) in [6.45, 7) is 10.9. The van der Waals surface area contributed by atoms with Crippen LogP contribution in [-0.4, -0.2) is 22.3 Å². The molecule has 2 aliphatic carbocycles. The average Bonchev–Trinajstić information content (AvgIpc) is 2.42. The number of allylic oxidation sites excluding steroid dienone is 3. The molecule has 0 amide bonds. The van der Waals surface area contributed by atoms with Crippen LogP contribution in [0.5, 0.6) is 0 Å². The molecule has 2 aliphatic rings. The molecule has 23 heavy (non-hydrogen) atoms. The maximum absolute atomic E-state index is 10.8. The van der Waals surface area contributed by atoms with Gasteiger partial charge in [0.25, 0.3) is 0 Å². The molecule has 0 aromatic carbocycles. The molecule has 0 bridgehead atoms. The molecule has 0 aliphatic heterocycles. The number of rotatable bonds is 4. The maximum atomic E-state index is 10.8. The van der Waals surface area contributed by atoms with E-state index in [4.69, 9.17) is 5.11 Å². The van der Waals surface area contributed by atoms with Crippen molar-refractivity contribution < 1.29 is 15.0 Å². The van der Waals surface area contributed by atoms with Crippen LogP contribution in [0.2, 0.25) is 0 Å². The van der Waals surface area contributed by atoms with Crippen LogP contribution in [0.15, 0.2) is 23.3 Å². The topological polar surface area (TPSA) is 57.5 Å². The van der Waals surface area contributed by atoms with Gasteiger partial charge >= 0.3 is 5.97 Å². The molecule has 1 saturated carbocycles. The van der Waals surface area contributed by atoms with Gasteiger partial charge in [0, 0.05) is 6.08 Å². The molecule has 0 unspecified atom stereocenters. The Morgan fingerprint density at radius 3 is 2.65 bits per heavy atom. The molecule has 1 fully saturated rings. The van der Waals surface area contributed by atoms with Crippen molar-refractivity contribution in [3.63, 3.8) is 0 Å². The Bertz CT molecular complexity index is 529. The first-order chi connectivity index (χ1) is 10.6. The van der Waals surface area contributed by atoms with Gasteiger partial charge in [0.05, 0.1) is 6.10 Å². The number of fused-ring (bicyclic) bond motifs is 1. The van der Waals surface area contributed by atoms with E-state index in [1.54, 1.807) is 0 Å². The van der Waals surface area contributed by atoms with Gasteiger partial charge in [-0.1, -0.05) is 38.0 Å². The zero-order valence-electron chi connectivity index (χ0n) is 15.2. The number of hydrogen-bond acceptors (Lipinski definition) is 2. The molecule has 130 valence electrons. The highest BCUT2D eigenvalue weighted by molar-refractivity contribution is 5.80. The normalized spacial score (nSPS) is 37.0. The monoisotopic (exact) mass is 320 g/mol. The standard InChI is InChI=1S/C20H32O3/c1-13(12-18(22)23)6-8-15-14(2)7-9-16-19(3,4)17(21)10-11-20(15,16)5/h7,12,15-17,21H,6,8-11H2,1-5H3,(H,22,23)/b13-12+/t15-,16-,17+,20-/m0/s1. The van der Waals surface area contributed by atoms with Crippen molar-refractivity contribution in [2.24, 2.45) is 22.7 Å². The number of carboxylic acids is 1. The highest BCUT2D eigenvalue weighted by Crippen LogP contribution is 2.60. The van der Waals surface area contributed by atoms with Crippen molar-refractivity contribution in [2.75, 3.05) is 0 Å². The third-order valence-corrected chi connectivity index (χ3v) is 6.73. The first kappa shape index (κ1) is 18.3. The van der Waals surface area contributed by atoms with Crippen LogP contribution in [0.1, 0.15) is 66.7 Å². The van der Waals surface area contributed by atoms with E-state index in [1.807, 2.05) is 6.92 Å². The molecule has 0 radical (unpaired) electrons. The lowest BCUT2D eigenvalue weighted by atomic mass is 9.47. The molecular formula is C20H32O3. The summed E-state index contributed by atoms with van der Waals surface area (Å²) in [5.41, 5.74) is 2.52. The highest BCUT2D eigenvalue weighted by atomic mass is 16.4. The van der Waals surface area contributed by atoms with E-state index in [-0.39, 0.29) is 16.9 Å². The van der Waals surface area contributed by atoms with Gasteiger partial charge in [-0.2, -0.15) is 0 Å². The summed E-state index contributed by atoms with van der Waals surface area (Å²) < 4.78 is 0. The largest absolute Gasteiger partial charge is 0.478 e. The Hall–Kier alpha value is -1.09. The van der Waals surface area contributed by atoms with Gasteiger partial charge in [0.1, 0.15) is 0 Å². The molecular weight excluding hydrogens is 288 g/mol. The van der Waals surface area contributed by atoms with Gasteiger partial charge in [-0.05, 0) is 68.6 Å². The first-order valence-electron chi connectivity index (χ1n) is 8.84. The Morgan fingerprint density at radius 1 is 1.39 bits per heavy atom. The SMILES string of the molecule is CC1=CC[C@H]2C(C)(C)[C@H](O)CC[C@@]2(C)[C@H]1CC/C(C)=C/C(=O)O. The molecule has 2 rings (SSSR count). The Kier molecular flexibility index (Phi) is 5.10. The van der Waals surface area contributed by atoms with Gasteiger partial charge < -0.3 is 10.2 Å². The van der Waals surface area contributed by atoms with Crippen LogP contribution < -0.4 is 0 Å². The molecule has 0 aromatic rings. The minimum atomic E-state index is -0.857. The summed E-state index contributed by atoms with van der Waals surface area (Å²) in [6, 6.07) is 0. The average molecular weight is 320 g/mol. The van der Waals surface area contributed by atoms with Gasteiger partial charge in [0.2, 0.25) is 0 Å². The van der Waals surface area contributed by atoms with Crippen LogP contribution in [0.25, 0.3) is 0 Å². The van der Waals surface area contributed by atoms with Crippen molar-refractivity contribution in [1.29, 1.82) is 0 Å². The number of aliphatic carboxylic acids is 1. The smallest absolute Gasteiger partial charge is 0.328 e. The van der Waals surface area contributed by atoms with Crippen molar-refractivity contribution in [1.82, 2.24) is 0 Å². The number of aliphatic hydroxyl groups is 1. The summed E-state index contributed by atoms with van der Waals surface area (Å²) in [5.74, 6) is 0.103. The highest BCUT2D eigenvalue weighted by Gasteiger charge is 2.54. The minimum absolute atomic E-state index is 0.0611. The lowest BCUT2D eigenvalue weighted by molar-refractivity contribution is -0.131. The molecule has 0 heterocycles. The van der Waals surface area contributed by atoms with Crippen molar-refractivity contribution in [2.45, 2.75) is 72.8 Å². The fourth-order valence-corrected chi connectivity index (χ4v) is 5.24. The lowest BCUT2D eigenvalue weighted by Crippen LogP contribution is -2.54. The minimum Gasteiger partial charge on any atom is -0.478 e. The van der Waals surface area contributed by atoms with Gasteiger partial charge in [-0.25, -0.2) is 4.79 Å². The summed E-state index contributed by atoms with van der Waals surface area (Å²) >= 11 is 0. The molecule has 0 spiro atoms. The molecule has 0 aromatic heterocycles. The predicted octanol–water partition coefficient (Wildman–Crippen LogP) is 4.57. The van der Waals surface area contributed by atoms with E-state index in [2.05, 4.69) is 33.8 Å². The number of aliphatic hydroxyl groups excluding tert-OH is 1. The summed E-state index contributed by atoms with van der Waals surface area (Å²) in [5, 5.41) is 19.4. The van der Waals surface area contributed by atoms with Crippen molar-refractivity contribution in [3.8, 4) is 0 Å². The third kappa shape index (κ3) is 3.40. The van der Waals surface area contributed by atoms with Crippen LogP contribution in [0.4, 0.5) is 0 Å². The van der Waals surface area contributed by atoms with Gasteiger partial charge in [-0.3, -0.25) is 0 Å². The Balaban J connectivity index is 2.23. The second-order valence-electron chi connectivity index (χ2n) is 8.54.